The summed E-state index contributed by atoms with van der Waals surface area (Å²) in [7, 11) is 0. The Labute approximate surface area is 195 Å². The van der Waals surface area contributed by atoms with Crippen molar-refractivity contribution in [2.75, 3.05) is 0 Å². The van der Waals surface area contributed by atoms with E-state index in [1.54, 1.807) is 18.5 Å². The summed E-state index contributed by atoms with van der Waals surface area (Å²) in [5, 5.41) is 10.0. The summed E-state index contributed by atoms with van der Waals surface area (Å²) in [5.74, 6) is -0.923. The van der Waals surface area contributed by atoms with E-state index in [-0.39, 0.29) is 5.92 Å². The van der Waals surface area contributed by atoms with Crippen LogP contribution in [0.5, 0.6) is 0 Å². The highest BCUT2D eigenvalue weighted by Crippen LogP contribution is 2.39. The number of hydrogen-bond donors (Lipinski definition) is 1. The van der Waals surface area contributed by atoms with Crippen LogP contribution >= 0.6 is 22.6 Å². The second kappa shape index (κ2) is 9.88. The molecule has 1 heterocycles. The number of benzene rings is 3. The average Bonchev–Trinajstić information content (AvgIpc) is 2.81. The molecule has 3 nitrogen and oxygen atoms in total. The van der Waals surface area contributed by atoms with E-state index in [9.17, 15) is 9.90 Å². The molecule has 0 aliphatic heterocycles. The summed E-state index contributed by atoms with van der Waals surface area (Å²) in [6.07, 6.45) is 5.25. The van der Waals surface area contributed by atoms with E-state index in [0.717, 1.165) is 38.7 Å². The van der Waals surface area contributed by atoms with Crippen molar-refractivity contribution in [2.45, 2.75) is 18.8 Å². The van der Waals surface area contributed by atoms with Crippen LogP contribution in [0.15, 0.2) is 97.3 Å². The standard InChI is InChI=1S/C27H22INO2/c28-26-23(21-9-5-2-6-10-21)13-14-24(27(30)31)25(26)22(20-7-3-1-4-8-20)12-11-19-15-17-29-18-16-19/h1-10,13-18,22H,11-12H2,(H,30,31). The Morgan fingerprint density at radius 2 is 1.52 bits per heavy atom. The zero-order valence-corrected chi connectivity index (χ0v) is 19.1. The number of carbonyl (C=O) groups is 1. The monoisotopic (exact) mass is 519 g/mol. The normalized spacial score (nSPS) is 11.8. The number of hydrogen-bond acceptors (Lipinski definition) is 2. The molecule has 31 heavy (non-hydrogen) atoms. The Bertz CT molecular complexity index is 1160. The zero-order chi connectivity index (χ0) is 21.6. The lowest BCUT2D eigenvalue weighted by molar-refractivity contribution is 0.0695. The lowest BCUT2D eigenvalue weighted by Gasteiger charge is -2.23. The molecule has 0 aliphatic rings. The molecule has 1 unspecified atom stereocenters. The Morgan fingerprint density at radius 1 is 0.871 bits per heavy atom. The summed E-state index contributed by atoms with van der Waals surface area (Å²) in [5.41, 5.74) is 5.73. The number of nitrogens with zero attached hydrogens (tertiary/aromatic N) is 1. The number of aryl methyl sites for hydroxylation is 1. The predicted octanol–water partition coefficient (Wildman–Crippen LogP) is 6.82. The molecule has 0 spiro atoms. The molecule has 0 amide bonds. The number of rotatable bonds is 7. The molecule has 0 saturated carbocycles. The first-order valence-corrected chi connectivity index (χ1v) is 11.3. The molecule has 4 heteroatoms. The maximum absolute atomic E-state index is 12.2. The van der Waals surface area contributed by atoms with E-state index < -0.39 is 5.97 Å². The number of aromatic carboxylic acids is 1. The molecule has 0 saturated heterocycles. The SMILES string of the molecule is O=C(O)c1ccc(-c2ccccc2)c(I)c1C(CCc1ccncc1)c1ccccc1. The Balaban J connectivity index is 1.85. The van der Waals surface area contributed by atoms with E-state index in [0.29, 0.717) is 5.56 Å². The van der Waals surface area contributed by atoms with Crippen molar-refractivity contribution < 1.29 is 9.90 Å². The van der Waals surface area contributed by atoms with Crippen LogP contribution in [0.25, 0.3) is 11.1 Å². The Kier molecular flexibility index (Phi) is 6.77. The number of aromatic nitrogens is 1. The van der Waals surface area contributed by atoms with Crippen molar-refractivity contribution >= 4 is 28.6 Å². The smallest absolute Gasteiger partial charge is 0.336 e. The molecule has 0 aliphatic carbocycles. The van der Waals surface area contributed by atoms with Crippen molar-refractivity contribution in [3.63, 3.8) is 0 Å². The highest BCUT2D eigenvalue weighted by Gasteiger charge is 2.25. The minimum Gasteiger partial charge on any atom is -0.478 e. The van der Waals surface area contributed by atoms with Crippen LogP contribution in [-0.4, -0.2) is 16.1 Å². The molecule has 1 atom stereocenters. The second-order valence-corrected chi connectivity index (χ2v) is 8.50. The van der Waals surface area contributed by atoms with Gasteiger partial charge in [0, 0.05) is 21.9 Å². The summed E-state index contributed by atoms with van der Waals surface area (Å²) >= 11 is 2.33. The average molecular weight is 519 g/mol. The first-order valence-electron chi connectivity index (χ1n) is 10.2. The van der Waals surface area contributed by atoms with Gasteiger partial charge in [-0.15, -0.1) is 0 Å². The van der Waals surface area contributed by atoms with E-state index in [1.165, 1.54) is 5.56 Å². The highest BCUT2D eigenvalue weighted by molar-refractivity contribution is 14.1. The largest absolute Gasteiger partial charge is 0.478 e. The molecule has 0 radical (unpaired) electrons. The van der Waals surface area contributed by atoms with E-state index in [2.05, 4.69) is 51.8 Å². The van der Waals surface area contributed by atoms with Gasteiger partial charge in [-0.25, -0.2) is 4.79 Å². The van der Waals surface area contributed by atoms with Gasteiger partial charge in [0.2, 0.25) is 0 Å². The van der Waals surface area contributed by atoms with Gasteiger partial charge in [0.25, 0.3) is 0 Å². The topological polar surface area (TPSA) is 50.2 Å². The van der Waals surface area contributed by atoms with Crippen molar-refractivity contribution in [1.29, 1.82) is 0 Å². The molecule has 1 aromatic heterocycles. The van der Waals surface area contributed by atoms with Gasteiger partial charge < -0.3 is 5.11 Å². The Morgan fingerprint density at radius 3 is 2.16 bits per heavy atom. The third-order valence-electron chi connectivity index (χ3n) is 5.52. The number of carboxylic acids is 1. The maximum atomic E-state index is 12.2. The number of pyridine rings is 1. The zero-order valence-electron chi connectivity index (χ0n) is 16.9. The van der Waals surface area contributed by atoms with Gasteiger partial charge in [0.1, 0.15) is 0 Å². The van der Waals surface area contributed by atoms with Crippen LogP contribution < -0.4 is 0 Å². The van der Waals surface area contributed by atoms with Crippen molar-refractivity contribution in [3.8, 4) is 11.1 Å². The molecule has 0 fully saturated rings. The lowest BCUT2D eigenvalue weighted by Crippen LogP contribution is -2.13. The molecule has 3 aromatic carbocycles. The van der Waals surface area contributed by atoms with E-state index in [4.69, 9.17) is 0 Å². The maximum Gasteiger partial charge on any atom is 0.336 e. The van der Waals surface area contributed by atoms with Crippen LogP contribution in [0.1, 0.15) is 39.4 Å². The molecule has 4 aromatic rings. The fourth-order valence-corrected chi connectivity index (χ4v) is 5.14. The second-order valence-electron chi connectivity index (χ2n) is 7.42. The third kappa shape index (κ3) is 4.85. The minimum absolute atomic E-state index is 0.0315. The lowest BCUT2D eigenvalue weighted by atomic mass is 9.82. The fraction of sp³-hybridized carbons (Fsp3) is 0.111. The van der Waals surface area contributed by atoms with Gasteiger partial charge >= 0.3 is 5.97 Å². The van der Waals surface area contributed by atoms with Gasteiger partial charge in [0.05, 0.1) is 5.56 Å². The summed E-state index contributed by atoms with van der Waals surface area (Å²) in [6, 6.07) is 28.1. The van der Waals surface area contributed by atoms with Crippen molar-refractivity contribution in [3.05, 3.63) is 123 Å². The van der Waals surface area contributed by atoms with Crippen LogP contribution in [-0.2, 0) is 6.42 Å². The fourth-order valence-electron chi connectivity index (χ4n) is 3.98. The Hall–Kier alpha value is -2.99. The molecular formula is C27H22INO2. The van der Waals surface area contributed by atoms with Gasteiger partial charge in [-0.2, -0.15) is 0 Å². The van der Waals surface area contributed by atoms with Gasteiger partial charge in [-0.3, -0.25) is 4.98 Å². The third-order valence-corrected chi connectivity index (χ3v) is 6.68. The molecule has 0 bridgehead atoms. The first-order chi connectivity index (χ1) is 15.1. The van der Waals surface area contributed by atoms with Gasteiger partial charge in [0.15, 0.2) is 0 Å². The number of carboxylic acid groups (broad SMARTS) is 1. The van der Waals surface area contributed by atoms with Crippen LogP contribution in [0, 0.1) is 3.57 Å². The summed E-state index contributed by atoms with van der Waals surface area (Å²) in [6.45, 7) is 0. The molecule has 1 N–H and O–H groups in total. The quantitative estimate of drug-likeness (QED) is 0.273. The first kappa shape index (κ1) is 21.2. The van der Waals surface area contributed by atoms with Crippen LogP contribution in [0.4, 0.5) is 0 Å². The minimum atomic E-state index is -0.891. The number of halogens is 1. The summed E-state index contributed by atoms with van der Waals surface area (Å²) < 4.78 is 0.993. The van der Waals surface area contributed by atoms with Gasteiger partial charge in [-0.05, 0) is 81.4 Å². The van der Waals surface area contributed by atoms with Crippen molar-refractivity contribution in [2.24, 2.45) is 0 Å². The molecule has 4 rings (SSSR count). The highest BCUT2D eigenvalue weighted by atomic mass is 127. The van der Waals surface area contributed by atoms with E-state index >= 15 is 0 Å². The van der Waals surface area contributed by atoms with Crippen molar-refractivity contribution in [1.82, 2.24) is 4.98 Å². The van der Waals surface area contributed by atoms with Gasteiger partial charge in [-0.1, -0.05) is 66.7 Å². The van der Waals surface area contributed by atoms with Crippen LogP contribution in [0.3, 0.4) is 0 Å². The van der Waals surface area contributed by atoms with E-state index in [1.807, 2.05) is 54.6 Å². The summed E-state index contributed by atoms with van der Waals surface area (Å²) in [4.78, 5) is 16.3. The van der Waals surface area contributed by atoms with Crippen LogP contribution in [0.2, 0.25) is 0 Å². The predicted molar refractivity (Wildman–Crippen MR) is 132 cm³/mol. The molecule has 154 valence electrons. The molecular weight excluding hydrogens is 497 g/mol.